The summed E-state index contributed by atoms with van der Waals surface area (Å²) < 4.78 is 0. The summed E-state index contributed by atoms with van der Waals surface area (Å²) in [5, 5.41) is 3.69. The lowest BCUT2D eigenvalue weighted by Crippen LogP contribution is -2.35. The number of rotatable bonds is 2. The molecule has 2 heterocycles. The van der Waals surface area contributed by atoms with Gasteiger partial charge < -0.3 is 10.2 Å². The van der Waals surface area contributed by atoms with Gasteiger partial charge in [0.15, 0.2) is 0 Å². The Morgan fingerprint density at radius 2 is 1.88 bits per heavy atom. The maximum atomic E-state index is 12.6. The van der Waals surface area contributed by atoms with Gasteiger partial charge in [-0.1, -0.05) is 23.2 Å². The highest BCUT2D eigenvalue weighted by molar-refractivity contribution is 6.35. The van der Waals surface area contributed by atoms with Gasteiger partial charge in [-0.25, -0.2) is 0 Å². The summed E-state index contributed by atoms with van der Waals surface area (Å²) in [5.41, 5.74) is 2.85. The molecule has 0 fully saturated rings. The summed E-state index contributed by atoms with van der Waals surface area (Å²) >= 11 is 11.9. The van der Waals surface area contributed by atoms with E-state index in [9.17, 15) is 9.59 Å². The Kier molecular flexibility index (Phi) is 4.73. The van der Waals surface area contributed by atoms with Crippen LogP contribution in [-0.2, 0) is 17.8 Å². The molecule has 1 N–H and O–H groups in total. The van der Waals surface area contributed by atoms with Crippen LogP contribution < -0.4 is 5.32 Å². The molecule has 0 aliphatic carbocycles. The maximum absolute atomic E-state index is 12.6. The van der Waals surface area contributed by atoms with Gasteiger partial charge in [-0.15, -0.1) is 0 Å². The molecule has 0 saturated carbocycles. The first-order valence-electron chi connectivity index (χ1n) is 7.43. The van der Waals surface area contributed by atoms with E-state index >= 15 is 0 Å². The normalized spacial score (nSPS) is 13.4. The van der Waals surface area contributed by atoms with Crippen LogP contribution in [0.25, 0.3) is 0 Å². The number of benzene rings is 1. The molecule has 2 amide bonds. The van der Waals surface area contributed by atoms with Gasteiger partial charge in [0.2, 0.25) is 5.91 Å². The second-order valence-electron chi connectivity index (χ2n) is 5.63. The van der Waals surface area contributed by atoms with Crippen LogP contribution in [0.1, 0.15) is 28.4 Å². The SMILES string of the molecule is CC(=O)N1CCc2c(cncc2C(=O)Nc2cc(Cl)cc(Cl)c2)C1. The lowest BCUT2D eigenvalue weighted by Gasteiger charge is -2.28. The zero-order chi connectivity index (χ0) is 17.3. The maximum Gasteiger partial charge on any atom is 0.257 e. The van der Waals surface area contributed by atoms with E-state index in [1.165, 1.54) is 6.92 Å². The van der Waals surface area contributed by atoms with Crippen molar-refractivity contribution in [2.45, 2.75) is 19.9 Å². The number of halogens is 2. The Hall–Kier alpha value is -2.11. The molecule has 0 bridgehead atoms. The topological polar surface area (TPSA) is 62.3 Å². The fourth-order valence-corrected chi connectivity index (χ4v) is 3.31. The summed E-state index contributed by atoms with van der Waals surface area (Å²) in [7, 11) is 0. The molecule has 0 radical (unpaired) electrons. The molecule has 3 rings (SSSR count). The van der Waals surface area contributed by atoms with Gasteiger partial charge in [0, 0.05) is 48.1 Å². The van der Waals surface area contributed by atoms with Gasteiger partial charge in [0.05, 0.1) is 5.56 Å². The zero-order valence-electron chi connectivity index (χ0n) is 13.0. The predicted molar refractivity (Wildman–Crippen MR) is 93.4 cm³/mol. The zero-order valence-corrected chi connectivity index (χ0v) is 14.5. The van der Waals surface area contributed by atoms with Crippen LogP contribution in [0.15, 0.2) is 30.6 Å². The van der Waals surface area contributed by atoms with E-state index in [-0.39, 0.29) is 11.8 Å². The molecule has 1 aliphatic heterocycles. The Morgan fingerprint density at radius 3 is 2.54 bits per heavy atom. The van der Waals surface area contributed by atoms with Crippen molar-refractivity contribution < 1.29 is 9.59 Å². The Balaban J connectivity index is 1.86. The molecular formula is C17H15Cl2N3O2. The lowest BCUT2D eigenvalue weighted by molar-refractivity contribution is -0.129. The van der Waals surface area contributed by atoms with Crippen LogP contribution in [-0.4, -0.2) is 28.2 Å². The first-order valence-corrected chi connectivity index (χ1v) is 8.18. The molecule has 5 nitrogen and oxygen atoms in total. The van der Waals surface area contributed by atoms with Crippen LogP contribution in [0.2, 0.25) is 10.0 Å². The molecular weight excluding hydrogens is 349 g/mol. The number of carbonyl (C=O) groups excluding carboxylic acids is 2. The van der Waals surface area contributed by atoms with E-state index in [2.05, 4.69) is 10.3 Å². The van der Waals surface area contributed by atoms with Crippen molar-refractivity contribution >= 4 is 40.7 Å². The number of hydrogen-bond acceptors (Lipinski definition) is 3. The highest BCUT2D eigenvalue weighted by atomic mass is 35.5. The van der Waals surface area contributed by atoms with Crippen LogP contribution in [0.4, 0.5) is 5.69 Å². The highest BCUT2D eigenvalue weighted by Gasteiger charge is 2.23. The van der Waals surface area contributed by atoms with Crippen molar-refractivity contribution in [1.82, 2.24) is 9.88 Å². The largest absolute Gasteiger partial charge is 0.338 e. The van der Waals surface area contributed by atoms with Crippen molar-refractivity contribution in [1.29, 1.82) is 0 Å². The molecule has 0 saturated heterocycles. The highest BCUT2D eigenvalue weighted by Crippen LogP contribution is 2.25. The third kappa shape index (κ3) is 3.52. The number of anilines is 1. The number of aromatic nitrogens is 1. The van der Waals surface area contributed by atoms with Crippen molar-refractivity contribution in [3.8, 4) is 0 Å². The molecule has 24 heavy (non-hydrogen) atoms. The average molecular weight is 364 g/mol. The van der Waals surface area contributed by atoms with Gasteiger partial charge in [-0.05, 0) is 35.7 Å². The molecule has 7 heteroatoms. The Labute approximate surface area is 149 Å². The molecule has 1 aliphatic rings. The molecule has 1 aromatic heterocycles. The standard InChI is InChI=1S/C17H15Cl2N3O2/c1-10(23)22-3-2-15-11(9-22)7-20-8-16(15)17(24)21-14-5-12(18)4-13(19)6-14/h4-8H,2-3,9H2,1H3,(H,21,24). The minimum Gasteiger partial charge on any atom is -0.338 e. The number of amides is 2. The Bertz CT molecular complexity index is 803. The van der Waals surface area contributed by atoms with Crippen LogP contribution >= 0.6 is 23.2 Å². The van der Waals surface area contributed by atoms with Crippen LogP contribution in [0.3, 0.4) is 0 Å². The predicted octanol–water partition coefficient (Wildman–Crippen LogP) is 3.55. The molecule has 1 aromatic carbocycles. The smallest absolute Gasteiger partial charge is 0.257 e. The second-order valence-corrected chi connectivity index (χ2v) is 6.50. The summed E-state index contributed by atoms with van der Waals surface area (Å²) in [5.74, 6) is -0.252. The molecule has 0 atom stereocenters. The van der Waals surface area contributed by atoms with Gasteiger partial charge in [0.1, 0.15) is 0 Å². The third-order valence-corrected chi connectivity index (χ3v) is 4.39. The molecule has 2 aromatic rings. The van der Waals surface area contributed by atoms with Gasteiger partial charge in [0.25, 0.3) is 5.91 Å². The van der Waals surface area contributed by atoms with Gasteiger partial charge in [-0.3, -0.25) is 14.6 Å². The van der Waals surface area contributed by atoms with Crippen LogP contribution in [0, 0.1) is 0 Å². The minimum absolute atomic E-state index is 0.0177. The number of fused-ring (bicyclic) bond motifs is 1. The van der Waals surface area contributed by atoms with E-state index < -0.39 is 0 Å². The molecule has 0 spiro atoms. The number of pyridine rings is 1. The van der Waals surface area contributed by atoms with Gasteiger partial charge in [-0.2, -0.15) is 0 Å². The number of nitrogens with one attached hydrogen (secondary N) is 1. The van der Waals surface area contributed by atoms with Crippen molar-refractivity contribution in [2.75, 3.05) is 11.9 Å². The summed E-state index contributed by atoms with van der Waals surface area (Å²) in [4.78, 5) is 30.0. The quantitative estimate of drug-likeness (QED) is 0.887. The van der Waals surface area contributed by atoms with E-state index in [4.69, 9.17) is 23.2 Å². The summed E-state index contributed by atoms with van der Waals surface area (Å²) in [6, 6.07) is 4.86. The number of nitrogens with zero attached hydrogens (tertiary/aromatic N) is 2. The Morgan fingerprint density at radius 1 is 1.17 bits per heavy atom. The number of hydrogen-bond donors (Lipinski definition) is 1. The monoisotopic (exact) mass is 363 g/mol. The summed E-state index contributed by atoms with van der Waals surface area (Å²) in [6.07, 6.45) is 3.87. The lowest BCUT2D eigenvalue weighted by atomic mass is 9.96. The van der Waals surface area contributed by atoms with E-state index in [0.717, 1.165) is 11.1 Å². The van der Waals surface area contributed by atoms with E-state index in [1.54, 1.807) is 35.5 Å². The fraction of sp³-hybridized carbons (Fsp3) is 0.235. The van der Waals surface area contributed by atoms with Crippen molar-refractivity contribution in [3.05, 3.63) is 57.3 Å². The number of carbonyl (C=O) groups is 2. The molecule has 124 valence electrons. The fourth-order valence-electron chi connectivity index (χ4n) is 2.78. The van der Waals surface area contributed by atoms with Crippen molar-refractivity contribution in [2.24, 2.45) is 0 Å². The first kappa shape index (κ1) is 16.7. The first-order chi connectivity index (χ1) is 11.4. The van der Waals surface area contributed by atoms with Crippen molar-refractivity contribution in [3.63, 3.8) is 0 Å². The van der Waals surface area contributed by atoms with Gasteiger partial charge >= 0.3 is 0 Å². The van der Waals surface area contributed by atoms with E-state index in [1.807, 2.05) is 0 Å². The molecule has 0 unspecified atom stereocenters. The minimum atomic E-state index is -0.269. The van der Waals surface area contributed by atoms with Crippen LogP contribution in [0.5, 0.6) is 0 Å². The third-order valence-electron chi connectivity index (χ3n) is 3.95. The van der Waals surface area contributed by atoms with E-state index in [0.29, 0.717) is 40.8 Å². The summed E-state index contributed by atoms with van der Waals surface area (Å²) in [6.45, 7) is 2.61. The average Bonchev–Trinajstić information content (AvgIpc) is 2.52. The second kappa shape index (κ2) is 6.79.